The van der Waals surface area contributed by atoms with Crippen molar-refractivity contribution in [3.63, 3.8) is 0 Å². The molecule has 2 heterocycles. The number of aliphatic hydroxyl groups excluding tert-OH is 2. The molecule has 6 heteroatoms. The number of hydrogen-bond acceptors (Lipinski definition) is 6. The van der Waals surface area contributed by atoms with Crippen LogP contribution in [0.5, 0.6) is 0 Å². The Morgan fingerprint density at radius 3 is 1.39 bits per heavy atom. The first-order valence-corrected chi connectivity index (χ1v) is 9.04. The lowest BCUT2D eigenvalue weighted by molar-refractivity contribution is -0.110. The van der Waals surface area contributed by atoms with Gasteiger partial charge < -0.3 is 10.2 Å². The maximum atomic E-state index is 10.1. The Hall–Kier alpha value is 0.280. The van der Waals surface area contributed by atoms with E-state index in [4.69, 9.17) is 0 Å². The number of hydrogen-bond donors (Lipinski definition) is 2. The minimum absolute atomic E-state index is 0.133. The van der Waals surface area contributed by atoms with Crippen molar-refractivity contribution in [1.29, 1.82) is 0 Å². The first kappa shape index (κ1) is 13.3. The Labute approximate surface area is 123 Å². The van der Waals surface area contributed by atoms with Crippen LogP contribution in [0.2, 0.25) is 0 Å². The lowest BCUT2D eigenvalue weighted by Gasteiger charge is -2.44. The fourth-order valence-corrected chi connectivity index (χ4v) is 5.55. The molecule has 0 saturated heterocycles. The molecule has 0 amide bonds. The summed E-state index contributed by atoms with van der Waals surface area (Å²) in [6.45, 7) is 0. The Kier molecular flexibility index (Phi) is 4.22. The Bertz CT molecular complexity index is 385. The molecule has 1 fully saturated rings. The third-order valence-electron chi connectivity index (χ3n) is 3.08. The van der Waals surface area contributed by atoms with Gasteiger partial charge in [0.25, 0.3) is 0 Å². The second kappa shape index (κ2) is 5.73. The normalized spacial score (nSPS) is 38.1. The first-order valence-electron chi connectivity index (χ1n) is 5.52. The molecular weight excluding hydrogens is 304 g/mol. The summed E-state index contributed by atoms with van der Waals surface area (Å²) in [5.74, 6) is -0.266. The summed E-state index contributed by atoms with van der Waals surface area (Å²) in [5, 5.41) is 28.3. The maximum Gasteiger partial charge on any atom is 0.0716 e. The molecule has 2 N–H and O–H groups in total. The lowest BCUT2D eigenvalue weighted by atomic mass is 9.69. The molecule has 1 saturated carbocycles. The smallest absolute Gasteiger partial charge is 0.0716 e. The summed E-state index contributed by atoms with van der Waals surface area (Å²) in [5.41, 5.74) is 0. The van der Waals surface area contributed by atoms with Crippen LogP contribution in [0, 0.1) is 11.8 Å². The van der Waals surface area contributed by atoms with E-state index in [1.54, 1.807) is 47.0 Å². The van der Waals surface area contributed by atoms with Crippen LogP contribution in [0.1, 0.15) is 0 Å². The third kappa shape index (κ3) is 2.59. The highest BCUT2D eigenvalue weighted by Gasteiger charge is 2.47. The van der Waals surface area contributed by atoms with Gasteiger partial charge >= 0.3 is 0 Å². The predicted molar refractivity (Wildman–Crippen MR) is 83.8 cm³/mol. The van der Waals surface area contributed by atoms with Gasteiger partial charge in [-0.15, -0.1) is 0 Å². The van der Waals surface area contributed by atoms with E-state index in [0.29, 0.717) is 0 Å². The Morgan fingerprint density at radius 1 is 0.722 bits per heavy atom. The van der Waals surface area contributed by atoms with Gasteiger partial charge in [-0.2, -0.15) is 0 Å². The molecule has 2 aliphatic heterocycles. The maximum absolute atomic E-state index is 10.1. The summed E-state index contributed by atoms with van der Waals surface area (Å²) >= 11 is 6.58. The SMILES string of the molecule is OC1C(C=C2SC=CS2)C(O)C1C=C1SC=CS1. The number of thioether (sulfide) groups is 4. The highest BCUT2D eigenvalue weighted by Crippen LogP contribution is 2.46. The lowest BCUT2D eigenvalue weighted by Crippen LogP contribution is -2.53. The molecular formula is C12H12O2S4. The van der Waals surface area contributed by atoms with Crippen LogP contribution < -0.4 is 0 Å². The van der Waals surface area contributed by atoms with Crippen LogP contribution in [0.3, 0.4) is 0 Å². The molecule has 0 spiro atoms. The van der Waals surface area contributed by atoms with Crippen molar-refractivity contribution >= 4 is 47.0 Å². The summed E-state index contributed by atoms with van der Waals surface area (Å²) < 4.78 is 2.30. The molecule has 3 aliphatic rings. The van der Waals surface area contributed by atoms with E-state index in [0.717, 1.165) is 8.47 Å². The summed E-state index contributed by atoms with van der Waals surface area (Å²) in [6.07, 6.45) is 3.05. The molecule has 3 rings (SSSR count). The van der Waals surface area contributed by atoms with Crippen LogP contribution >= 0.6 is 47.0 Å². The highest BCUT2D eigenvalue weighted by atomic mass is 32.2. The summed E-state index contributed by atoms with van der Waals surface area (Å²) in [7, 11) is 0. The molecule has 1 aliphatic carbocycles. The van der Waals surface area contributed by atoms with Crippen LogP contribution in [0.15, 0.2) is 42.3 Å². The van der Waals surface area contributed by atoms with E-state index in [9.17, 15) is 10.2 Å². The molecule has 0 aromatic rings. The molecule has 96 valence electrons. The van der Waals surface area contributed by atoms with E-state index >= 15 is 0 Å². The zero-order valence-corrected chi connectivity index (χ0v) is 12.6. The molecule has 2 nitrogen and oxygen atoms in total. The average Bonchev–Trinajstić information content (AvgIpc) is 3.05. The van der Waals surface area contributed by atoms with Gasteiger partial charge in [0.05, 0.1) is 12.2 Å². The zero-order valence-electron chi connectivity index (χ0n) is 9.30. The monoisotopic (exact) mass is 316 g/mol. The van der Waals surface area contributed by atoms with E-state index in [1.165, 1.54) is 0 Å². The number of aliphatic hydroxyl groups is 2. The van der Waals surface area contributed by atoms with Crippen LogP contribution in [0.4, 0.5) is 0 Å². The van der Waals surface area contributed by atoms with Crippen molar-refractivity contribution < 1.29 is 10.2 Å². The van der Waals surface area contributed by atoms with Gasteiger partial charge in [0.1, 0.15) is 0 Å². The van der Waals surface area contributed by atoms with Gasteiger partial charge in [-0.25, -0.2) is 0 Å². The third-order valence-corrected chi connectivity index (χ3v) is 7.14. The first-order chi connectivity index (χ1) is 8.75. The molecule has 0 atom stereocenters. The summed E-state index contributed by atoms with van der Waals surface area (Å²) in [4.78, 5) is 0. The fraction of sp³-hybridized carbons (Fsp3) is 0.333. The number of rotatable bonds is 2. The fourth-order valence-electron chi connectivity index (χ4n) is 2.07. The topological polar surface area (TPSA) is 40.5 Å². The van der Waals surface area contributed by atoms with E-state index in [1.807, 2.05) is 33.8 Å². The van der Waals surface area contributed by atoms with Gasteiger partial charge in [-0.05, 0) is 21.6 Å². The molecule has 0 aromatic carbocycles. The van der Waals surface area contributed by atoms with Crippen molar-refractivity contribution in [2.24, 2.45) is 11.8 Å². The van der Waals surface area contributed by atoms with Crippen molar-refractivity contribution in [3.05, 3.63) is 42.3 Å². The van der Waals surface area contributed by atoms with Crippen molar-refractivity contribution in [2.45, 2.75) is 12.2 Å². The van der Waals surface area contributed by atoms with Crippen molar-refractivity contribution in [1.82, 2.24) is 0 Å². The van der Waals surface area contributed by atoms with Gasteiger partial charge in [0.15, 0.2) is 0 Å². The van der Waals surface area contributed by atoms with Crippen LogP contribution in [-0.4, -0.2) is 22.4 Å². The van der Waals surface area contributed by atoms with Gasteiger partial charge in [-0.3, -0.25) is 0 Å². The summed E-state index contributed by atoms with van der Waals surface area (Å²) in [6, 6.07) is 0. The minimum atomic E-state index is -0.469. The van der Waals surface area contributed by atoms with Crippen LogP contribution in [0.25, 0.3) is 0 Å². The Morgan fingerprint density at radius 2 is 1.06 bits per heavy atom. The van der Waals surface area contributed by atoms with Crippen molar-refractivity contribution in [2.75, 3.05) is 0 Å². The van der Waals surface area contributed by atoms with E-state index < -0.39 is 12.2 Å². The molecule has 0 unspecified atom stereocenters. The average molecular weight is 316 g/mol. The Balaban J connectivity index is 1.64. The largest absolute Gasteiger partial charge is 0.392 e. The van der Waals surface area contributed by atoms with E-state index in [-0.39, 0.29) is 11.8 Å². The second-order valence-electron chi connectivity index (χ2n) is 4.12. The predicted octanol–water partition coefficient (Wildman–Crippen LogP) is 3.54. The van der Waals surface area contributed by atoms with Crippen LogP contribution in [-0.2, 0) is 0 Å². The minimum Gasteiger partial charge on any atom is -0.392 e. The standard InChI is InChI=1S/C12H12O2S4/c13-11-7(5-9-15-1-2-16-9)12(14)8(11)6-10-17-3-4-18-10/h1-8,11-14H. The second-order valence-corrected chi connectivity index (χ2v) is 8.43. The molecule has 0 bridgehead atoms. The van der Waals surface area contributed by atoms with Crippen molar-refractivity contribution in [3.8, 4) is 0 Å². The quantitative estimate of drug-likeness (QED) is 0.812. The van der Waals surface area contributed by atoms with Gasteiger partial charge in [-0.1, -0.05) is 59.2 Å². The van der Waals surface area contributed by atoms with Gasteiger partial charge in [0, 0.05) is 20.3 Å². The highest BCUT2D eigenvalue weighted by molar-refractivity contribution is 8.27. The molecule has 0 aromatic heterocycles. The molecule has 0 radical (unpaired) electrons. The zero-order chi connectivity index (χ0) is 12.5. The van der Waals surface area contributed by atoms with E-state index in [2.05, 4.69) is 0 Å². The molecule has 18 heavy (non-hydrogen) atoms. The van der Waals surface area contributed by atoms with Gasteiger partial charge in [0.2, 0.25) is 0 Å².